The molecule has 5 rings (SSSR count). The molecule has 30 heavy (non-hydrogen) atoms. The number of aryl methyl sites for hydroxylation is 2. The van der Waals surface area contributed by atoms with Gasteiger partial charge in [-0.05, 0) is 56.3 Å². The van der Waals surface area contributed by atoms with Crippen LogP contribution in [0.5, 0.6) is 0 Å². The van der Waals surface area contributed by atoms with E-state index in [0.29, 0.717) is 0 Å². The Hall–Kier alpha value is -4.06. The maximum Gasteiger partial charge on any atom is 0.111 e. The summed E-state index contributed by atoms with van der Waals surface area (Å²) in [6.07, 6.45) is 0. The molecule has 4 heterocycles. The van der Waals surface area contributed by atoms with Crippen molar-refractivity contribution < 1.29 is 0 Å². The molecule has 146 valence electrons. The minimum Gasteiger partial charge on any atom is -0.282 e. The van der Waals surface area contributed by atoms with Crippen molar-refractivity contribution in [3.63, 3.8) is 0 Å². The number of benzene rings is 1. The van der Waals surface area contributed by atoms with Crippen LogP contribution in [0.4, 0.5) is 0 Å². The lowest BCUT2D eigenvalue weighted by Gasteiger charge is -2.07. The van der Waals surface area contributed by atoms with Crippen molar-refractivity contribution in [3.8, 4) is 45.3 Å². The first-order valence-corrected chi connectivity index (χ1v) is 9.75. The average Bonchev–Trinajstić information content (AvgIpc) is 3.42. The maximum atomic E-state index is 4.81. The lowest BCUT2D eigenvalue weighted by molar-refractivity contribution is 1.05. The summed E-state index contributed by atoms with van der Waals surface area (Å²) in [5.74, 6) is 0. The molecule has 1 aromatic carbocycles. The number of hydrogen-bond donors (Lipinski definition) is 2. The summed E-state index contributed by atoms with van der Waals surface area (Å²) in [4.78, 5) is 9.62. The van der Waals surface area contributed by atoms with Gasteiger partial charge in [0.05, 0.1) is 22.8 Å². The highest BCUT2D eigenvalue weighted by molar-refractivity contribution is 5.72. The minimum absolute atomic E-state index is 0.842. The van der Waals surface area contributed by atoms with Gasteiger partial charge in [-0.1, -0.05) is 30.3 Å². The van der Waals surface area contributed by atoms with Gasteiger partial charge in [-0.25, -0.2) is 9.97 Å². The molecule has 4 aromatic heterocycles. The average molecular weight is 392 g/mol. The van der Waals surface area contributed by atoms with E-state index in [-0.39, 0.29) is 0 Å². The molecule has 0 aliphatic rings. The molecule has 0 fully saturated rings. The highest BCUT2D eigenvalue weighted by atomic mass is 15.1. The standard InChI is InChI=1S/C24H20N6/c1-15-12-23(29-27-15)21-10-4-8-19(25-21)17-6-3-7-18(14-17)20-9-5-11-22(26-20)24-13-16(2)28-30-24/h3-14H,1-2H3,(H,27,29)(H,28,30). The van der Waals surface area contributed by atoms with E-state index in [9.17, 15) is 0 Å². The summed E-state index contributed by atoms with van der Waals surface area (Å²) in [5, 5.41) is 14.6. The Labute approximate surface area is 174 Å². The first kappa shape index (κ1) is 18.0. The van der Waals surface area contributed by atoms with Crippen LogP contribution in [0, 0.1) is 13.8 Å². The molecule has 0 unspecified atom stereocenters. The Kier molecular flexibility index (Phi) is 4.44. The fourth-order valence-corrected chi connectivity index (χ4v) is 3.41. The van der Waals surface area contributed by atoms with Crippen LogP contribution in [-0.2, 0) is 0 Å². The van der Waals surface area contributed by atoms with Crippen molar-refractivity contribution in [1.29, 1.82) is 0 Å². The fraction of sp³-hybridized carbons (Fsp3) is 0.0833. The molecule has 0 spiro atoms. The molecule has 0 radical (unpaired) electrons. The van der Waals surface area contributed by atoms with Crippen molar-refractivity contribution in [3.05, 3.63) is 84.2 Å². The quantitative estimate of drug-likeness (QED) is 0.440. The third-order valence-corrected chi connectivity index (χ3v) is 4.89. The second kappa shape index (κ2) is 7.40. The third-order valence-electron chi connectivity index (χ3n) is 4.89. The highest BCUT2D eigenvalue weighted by Gasteiger charge is 2.09. The molecule has 6 heteroatoms. The predicted molar refractivity (Wildman–Crippen MR) is 118 cm³/mol. The van der Waals surface area contributed by atoms with Crippen LogP contribution < -0.4 is 0 Å². The predicted octanol–water partition coefficient (Wildman–Crippen LogP) is 5.21. The largest absolute Gasteiger partial charge is 0.282 e. The summed E-state index contributed by atoms with van der Waals surface area (Å²) < 4.78 is 0. The van der Waals surface area contributed by atoms with E-state index < -0.39 is 0 Å². The van der Waals surface area contributed by atoms with E-state index >= 15 is 0 Å². The van der Waals surface area contributed by atoms with Gasteiger partial charge in [0, 0.05) is 22.5 Å². The zero-order valence-corrected chi connectivity index (χ0v) is 16.7. The Balaban J connectivity index is 1.51. The van der Waals surface area contributed by atoms with E-state index in [4.69, 9.17) is 9.97 Å². The van der Waals surface area contributed by atoms with Crippen LogP contribution in [0.25, 0.3) is 45.3 Å². The van der Waals surface area contributed by atoms with Gasteiger partial charge in [-0.2, -0.15) is 10.2 Å². The van der Waals surface area contributed by atoms with E-state index in [1.165, 1.54) is 0 Å². The molecule has 0 aliphatic heterocycles. The summed E-state index contributed by atoms with van der Waals surface area (Å²) in [6.45, 7) is 3.96. The molecule has 6 nitrogen and oxygen atoms in total. The van der Waals surface area contributed by atoms with Gasteiger partial charge in [-0.15, -0.1) is 0 Å². The summed E-state index contributed by atoms with van der Waals surface area (Å²) in [7, 11) is 0. The van der Waals surface area contributed by atoms with Crippen molar-refractivity contribution in [2.24, 2.45) is 0 Å². The Morgan fingerprint density at radius 1 is 0.500 bits per heavy atom. The molecule has 0 amide bonds. The molecule has 0 bridgehead atoms. The van der Waals surface area contributed by atoms with Gasteiger partial charge in [0.15, 0.2) is 0 Å². The first-order chi connectivity index (χ1) is 14.7. The SMILES string of the molecule is Cc1cc(-c2cccc(-c3cccc(-c4cccc(-c5cc(C)[nH]n5)n4)c3)n2)n[nH]1. The number of rotatable bonds is 4. The number of hydrogen-bond acceptors (Lipinski definition) is 4. The molecule has 0 atom stereocenters. The van der Waals surface area contributed by atoms with Crippen molar-refractivity contribution in [1.82, 2.24) is 30.4 Å². The van der Waals surface area contributed by atoms with Crippen LogP contribution in [0.15, 0.2) is 72.8 Å². The molecule has 0 saturated heterocycles. The molecular formula is C24H20N6. The second-order valence-corrected chi connectivity index (χ2v) is 7.27. The lowest BCUT2D eigenvalue weighted by Crippen LogP contribution is -1.91. The van der Waals surface area contributed by atoms with Gasteiger partial charge in [0.25, 0.3) is 0 Å². The third kappa shape index (κ3) is 3.51. The highest BCUT2D eigenvalue weighted by Crippen LogP contribution is 2.27. The number of nitrogens with zero attached hydrogens (tertiary/aromatic N) is 4. The normalized spacial score (nSPS) is 11.0. The van der Waals surface area contributed by atoms with E-state index in [2.05, 4.69) is 38.6 Å². The topological polar surface area (TPSA) is 83.1 Å². The van der Waals surface area contributed by atoms with Crippen molar-refractivity contribution in [2.45, 2.75) is 13.8 Å². The monoisotopic (exact) mass is 392 g/mol. The number of pyridine rings is 2. The summed E-state index contributed by atoms with van der Waals surface area (Å²) in [5.41, 5.74) is 9.25. The van der Waals surface area contributed by atoms with Crippen molar-refractivity contribution in [2.75, 3.05) is 0 Å². The number of nitrogens with one attached hydrogen (secondary N) is 2. The lowest BCUT2D eigenvalue weighted by atomic mass is 10.0. The number of H-pyrrole nitrogens is 2. The van der Waals surface area contributed by atoms with Crippen LogP contribution in [0.1, 0.15) is 11.4 Å². The van der Waals surface area contributed by atoms with Gasteiger partial charge in [0.1, 0.15) is 11.4 Å². The second-order valence-electron chi connectivity index (χ2n) is 7.27. The molecule has 0 saturated carbocycles. The molecule has 0 aliphatic carbocycles. The number of aromatic nitrogens is 6. The van der Waals surface area contributed by atoms with Crippen LogP contribution in [0.3, 0.4) is 0 Å². The van der Waals surface area contributed by atoms with E-state index in [1.54, 1.807) is 0 Å². The van der Waals surface area contributed by atoms with Gasteiger partial charge in [0.2, 0.25) is 0 Å². The Morgan fingerprint density at radius 2 is 0.933 bits per heavy atom. The number of aromatic amines is 2. The van der Waals surface area contributed by atoms with E-state index in [1.807, 2.05) is 68.4 Å². The van der Waals surface area contributed by atoms with Crippen LogP contribution >= 0.6 is 0 Å². The zero-order valence-electron chi connectivity index (χ0n) is 16.7. The zero-order chi connectivity index (χ0) is 20.5. The first-order valence-electron chi connectivity index (χ1n) is 9.75. The summed E-state index contributed by atoms with van der Waals surface area (Å²) in [6, 6.07) is 24.2. The van der Waals surface area contributed by atoms with Gasteiger partial charge >= 0.3 is 0 Å². The molecule has 5 aromatic rings. The maximum absolute atomic E-state index is 4.81. The molecular weight excluding hydrogens is 372 g/mol. The van der Waals surface area contributed by atoms with Gasteiger partial charge < -0.3 is 0 Å². The van der Waals surface area contributed by atoms with Crippen LogP contribution in [-0.4, -0.2) is 30.4 Å². The Morgan fingerprint density at radius 3 is 1.37 bits per heavy atom. The smallest absolute Gasteiger partial charge is 0.111 e. The van der Waals surface area contributed by atoms with Gasteiger partial charge in [-0.3, -0.25) is 10.2 Å². The fourth-order valence-electron chi connectivity index (χ4n) is 3.41. The summed E-state index contributed by atoms with van der Waals surface area (Å²) >= 11 is 0. The van der Waals surface area contributed by atoms with Crippen LogP contribution in [0.2, 0.25) is 0 Å². The van der Waals surface area contributed by atoms with Crippen molar-refractivity contribution >= 4 is 0 Å². The Bertz CT molecular complexity index is 1230. The molecule has 2 N–H and O–H groups in total. The van der Waals surface area contributed by atoms with E-state index in [0.717, 1.165) is 56.7 Å². The minimum atomic E-state index is 0.842.